The number of ketones is 1. The molecule has 6 heteroatoms. The maximum atomic E-state index is 12.2. The van der Waals surface area contributed by atoms with Crippen molar-refractivity contribution in [1.82, 2.24) is 0 Å². The van der Waals surface area contributed by atoms with Gasteiger partial charge >= 0.3 is 0 Å². The molecule has 0 spiro atoms. The summed E-state index contributed by atoms with van der Waals surface area (Å²) >= 11 is 0. The van der Waals surface area contributed by atoms with Crippen molar-refractivity contribution in [2.24, 2.45) is 0 Å². The van der Waals surface area contributed by atoms with Crippen LogP contribution in [0, 0.1) is 0 Å². The Kier molecular flexibility index (Phi) is 4.28. The molecule has 0 atom stereocenters. The molecule has 0 radical (unpaired) electrons. The van der Waals surface area contributed by atoms with E-state index < -0.39 is 10.0 Å². The van der Waals surface area contributed by atoms with Crippen molar-refractivity contribution in [3.63, 3.8) is 0 Å². The summed E-state index contributed by atoms with van der Waals surface area (Å²) in [6, 6.07) is 13.2. The SMILES string of the molecule is CC(=O)c1cccc(NS(=O)(=O)Cc2ccccc2N)c1. The lowest BCUT2D eigenvalue weighted by Gasteiger charge is -2.10. The van der Waals surface area contributed by atoms with Gasteiger partial charge in [-0.3, -0.25) is 9.52 Å². The molecule has 110 valence electrons. The van der Waals surface area contributed by atoms with Crippen LogP contribution in [0.3, 0.4) is 0 Å². The molecular formula is C15H16N2O3S. The van der Waals surface area contributed by atoms with Crippen molar-refractivity contribution in [1.29, 1.82) is 0 Å². The topological polar surface area (TPSA) is 89.3 Å². The number of nitrogens with two attached hydrogens (primary N) is 1. The van der Waals surface area contributed by atoms with Gasteiger partial charge in [-0.05, 0) is 30.7 Å². The fourth-order valence-electron chi connectivity index (χ4n) is 1.89. The highest BCUT2D eigenvalue weighted by Gasteiger charge is 2.14. The Morgan fingerprint density at radius 2 is 1.86 bits per heavy atom. The summed E-state index contributed by atoms with van der Waals surface area (Å²) in [7, 11) is -3.59. The Balaban J connectivity index is 2.20. The molecule has 0 fully saturated rings. The van der Waals surface area contributed by atoms with Gasteiger partial charge in [0.25, 0.3) is 0 Å². The van der Waals surface area contributed by atoms with Crippen LogP contribution < -0.4 is 10.5 Å². The summed E-state index contributed by atoms with van der Waals surface area (Å²) in [6.07, 6.45) is 0. The van der Waals surface area contributed by atoms with Crippen LogP contribution in [-0.4, -0.2) is 14.2 Å². The van der Waals surface area contributed by atoms with Gasteiger partial charge in [-0.2, -0.15) is 0 Å². The average Bonchev–Trinajstić information content (AvgIpc) is 2.41. The van der Waals surface area contributed by atoms with E-state index in [4.69, 9.17) is 5.73 Å². The first-order chi connectivity index (χ1) is 9.87. The number of nitrogens with one attached hydrogen (secondary N) is 1. The quantitative estimate of drug-likeness (QED) is 0.655. The van der Waals surface area contributed by atoms with E-state index in [0.717, 1.165) is 0 Å². The van der Waals surface area contributed by atoms with Gasteiger partial charge in [-0.1, -0.05) is 30.3 Å². The third-order valence-electron chi connectivity index (χ3n) is 2.94. The zero-order valence-corrected chi connectivity index (χ0v) is 12.4. The molecule has 3 N–H and O–H groups in total. The lowest BCUT2D eigenvalue weighted by Crippen LogP contribution is -2.16. The molecule has 0 aromatic heterocycles. The van der Waals surface area contributed by atoms with Crippen molar-refractivity contribution in [2.45, 2.75) is 12.7 Å². The molecule has 0 bridgehead atoms. The average molecular weight is 304 g/mol. The van der Waals surface area contributed by atoms with E-state index in [9.17, 15) is 13.2 Å². The molecule has 2 aromatic carbocycles. The first-order valence-electron chi connectivity index (χ1n) is 6.32. The minimum absolute atomic E-state index is 0.122. The lowest BCUT2D eigenvalue weighted by atomic mass is 10.1. The standard InChI is InChI=1S/C15H16N2O3S/c1-11(18)12-6-4-7-14(9-12)17-21(19,20)10-13-5-2-3-8-15(13)16/h2-9,17H,10,16H2,1H3. The zero-order valence-electron chi connectivity index (χ0n) is 11.5. The maximum Gasteiger partial charge on any atom is 0.236 e. The predicted octanol–water partition coefficient (Wildman–Crippen LogP) is 2.41. The summed E-state index contributed by atoms with van der Waals surface area (Å²) < 4.78 is 26.8. The first-order valence-corrected chi connectivity index (χ1v) is 7.97. The second-order valence-electron chi connectivity index (χ2n) is 4.70. The predicted molar refractivity (Wildman–Crippen MR) is 83.5 cm³/mol. The minimum Gasteiger partial charge on any atom is -0.398 e. The maximum absolute atomic E-state index is 12.2. The minimum atomic E-state index is -3.59. The van der Waals surface area contributed by atoms with Crippen molar-refractivity contribution < 1.29 is 13.2 Å². The fourth-order valence-corrected chi connectivity index (χ4v) is 3.12. The first kappa shape index (κ1) is 15.1. The van der Waals surface area contributed by atoms with Gasteiger partial charge < -0.3 is 5.73 Å². The summed E-state index contributed by atoms with van der Waals surface area (Å²) in [5.41, 5.74) is 7.53. The number of hydrogen-bond acceptors (Lipinski definition) is 4. The largest absolute Gasteiger partial charge is 0.398 e. The number of Topliss-reactive ketones (excluding diaryl/α,β-unsaturated/α-hetero) is 1. The Bertz CT molecular complexity index is 770. The second-order valence-corrected chi connectivity index (χ2v) is 6.42. The molecule has 0 aliphatic heterocycles. The van der Waals surface area contributed by atoms with E-state index in [1.807, 2.05) is 0 Å². The molecule has 0 aliphatic rings. The Labute approximate surface area is 123 Å². The summed E-state index contributed by atoms with van der Waals surface area (Å²) in [5, 5.41) is 0. The molecule has 21 heavy (non-hydrogen) atoms. The molecular weight excluding hydrogens is 288 g/mol. The van der Waals surface area contributed by atoms with Crippen LogP contribution in [0.1, 0.15) is 22.8 Å². The van der Waals surface area contributed by atoms with Crippen LogP contribution in [0.15, 0.2) is 48.5 Å². The van der Waals surface area contributed by atoms with Crippen LogP contribution in [-0.2, 0) is 15.8 Å². The second kappa shape index (κ2) is 5.97. The molecule has 2 aromatic rings. The van der Waals surface area contributed by atoms with Crippen molar-refractivity contribution >= 4 is 27.2 Å². The molecule has 2 rings (SSSR count). The van der Waals surface area contributed by atoms with Crippen LogP contribution in [0.2, 0.25) is 0 Å². The molecule has 5 nitrogen and oxygen atoms in total. The summed E-state index contributed by atoms with van der Waals surface area (Å²) in [5.74, 6) is -0.340. The van der Waals surface area contributed by atoms with E-state index in [1.165, 1.54) is 13.0 Å². The van der Waals surface area contributed by atoms with Crippen molar-refractivity contribution in [3.05, 3.63) is 59.7 Å². The Morgan fingerprint density at radius 1 is 1.14 bits per heavy atom. The van der Waals surface area contributed by atoms with Gasteiger partial charge in [0.2, 0.25) is 10.0 Å². The number of rotatable bonds is 5. The lowest BCUT2D eigenvalue weighted by molar-refractivity contribution is 0.101. The number of sulfonamides is 1. The highest BCUT2D eigenvalue weighted by molar-refractivity contribution is 7.91. The third-order valence-corrected chi connectivity index (χ3v) is 4.18. The van der Waals surface area contributed by atoms with Crippen molar-refractivity contribution in [3.8, 4) is 0 Å². The van der Waals surface area contributed by atoms with Crippen LogP contribution in [0.25, 0.3) is 0 Å². The van der Waals surface area contributed by atoms with Crippen molar-refractivity contribution in [2.75, 3.05) is 10.5 Å². The monoisotopic (exact) mass is 304 g/mol. The summed E-state index contributed by atoms with van der Waals surface area (Å²) in [4.78, 5) is 11.3. The van der Waals surface area contributed by atoms with Gasteiger partial charge in [0.15, 0.2) is 5.78 Å². The van der Waals surface area contributed by atoms with E-state index in [1.54, 1.807) is 42.5 Å². The Morgan fingerprint density at radius 3 is 2.52 bits per heavy atom. The van der Waals surface area contributed by atoms with Gasteiger partial charge in [0.1, 0.15) is 0 Å². The highest BCUT2D eigenvalue weighted by atomic mass is 32.2. The third kappa shape index (κ3) is 4.06. The van der Waals surface area contributed by atoms with Gasteiger partial charge in [0.05, 0.1) is 5.75 Å². The van der Waals surface area contributed by atoms with Gasteiger partial charge in [0, 0.05) is 16.9 Å². The Hall–Kier alpha value is -2.34. The van der Waals surface area contributed by atoms with Crippen LogP contribution in [0.4, 0.5) is 11.4 Å². The summed E-state index contributed by atoms with van der Waals surface area (Å²) in [6.45, 7) is 1.43. The molecule has 0 unspecified atom stereocenters. The van der Waals surface area contributed by atoms with E-state index in [2.05, 4.69) is 4.72 Å². The number of para-hydroxylation sites is 1. The number of hydrogen-bond donors (Lipinski definition) is 2. The molecule has 0 heterocycles. The number of nitrogen functional groups attached to an aromatic ring is 1. The number of benzene rings is 2. The molecule has 0 saturated heterocycles. The smallest absolute Gasteiger partial charge is 0.236 e. The zero-order chi connectivity index (χ0) is 15.5. The molecule has 0 amide bonds. The number of carbonyl (C=O) groups is 1. The number of anilines is 2. The fraction of sp³-hybridized carbons (Fsp3) is 0.133. The van der Waals surface area contributed by atoms with Crippen LogP contribution in [0.5, 0.6) is 0 Å². The normalized spacial score (nSPS) is 11.1. The van der Waals surface area contributed by atoms with Gasteiger partial charge in [-0.15, -0.1) is 0 Å². The molecule has 0 aliphatic carbocycles. The van der Waals surface area contributed by atoms with E-state index in [0.29, 0.717) is 22.5 Å². The number of carbonyl (C=O) groups excluding carboxylic acids is 1. The highest BCUT2D eigenvalue weighted by Crippen LogP contribution is 2.18. The van der Waals surface area contributed by atoms with Crippen LogP contribution >= 0.6 is 0 Å². The molecule has 0 saturated carbocycles. The van der Waals surface area contributed by atoms with E-state index in [-0.39, 0.29) is 11.5 Å². The van der Waals surface area contributed by atoms with Gasteiger partial charge in [-0.25, -0.2) is 8.42 Å². The van der Waals surface area contributed by atoms with E-state index >= 15 is 0 Å².